The molecule has 0 bridgehead atoms. The van der Waals surface area contributed by atoms with Crippen molar-refractivity contribution in [1.29, 1.82) is 0 Å². The van der Waals surface area contributed by atoms with Crippen molar-refractivity contribution < 1.29 is 13.5 Å². The number of aliphatic hydroxyl groups is 1. The molecule has 0 aliphatic heterocycles. The lowest BCUT2D eigenvalue weighted by Crippen LogP contribution is -2.33. The molecular formula is C11H17N3O3S. The first-order chi connectivity index (χ1) is 8.38. The van der Waals surface area contributed by atoms with Crippen LogP contribution in [-0.2, 0) is 10.0 Å². The summed E-state index contributed by atoms with van der Waals surface area (Å²) in [7, 11) is -3.80. The topological polar surface area (TPSA) is 118 Å². The molecule has 0 unspecified atom stereocenters. The number of hydrogen-bond acceptors (Lipinski definition) is 5. The average molecular weight is 271 g/mol. The molecule has 6 N–H and O–H groups in total. The van der Waals surface area contributed by atoms with Crippen molar-refractivity contribution in [1.82, 2.24) is 0 Å². The van der Waals surface area contributed by atoms with Crippen LogP contribution in [0.15, 0.2) is 23.1 Å². The van der Waals surface area contributed by atoms with Crippen molar-refractivity contribution in [2.24, 2.45) is 11.1 Å². The zero-order chi connectivity index (χ0) is 13.3. The number of hydrogen-bond donors (Lipinski definition) is 4. The maximum absolute atomic E-state index is 11.3. The fourth-order valence-electron chi connectivity index (χ4n) is 2.07. The quantitative estimate of drug-likeness (QED) is 0.579. The van der Waals surface area contributed by atoms with Crippen LogP contribution in [0.25, 0.3) is 0 Å². The molecule has 1 aromatic rings. The van der Waals surface area contributed by atoms with Gasteiger partial charge in [-0.25, -0.2) is 13.6 Å². The molecule has 18 heavy (non-hydrogen) atoms. The third kappa shape index (κ3) is 2.74. The van der Waals surface area contributed by atoms with Gasteiger partial charge in [-0.15, -0.1) is 0 Å². The molecule has 0 radical (unpaired) electrons. The molecule has 0 saturated heterocycles. The molecule has 1 aliphatic rings. The molecule has 1 aromatic carbocycles. The summed E-state index contributed by atoms with van der Waals surface area (Å²) in [6.07, 6.45) is 1.33. The van der Waals surface area contributed by atoms with E-state index in [0.29, 0.717) is 18.2 Å². The largest absolute Gasteiger partial charge is 0.396 e. The highest BCUT2D eigenvalue weighted by molar-refractivity contribution is 7.89. The second-order valence-corrected chi connectivity index (χ2v) is 6.16. The second kappa shape index (κ2) is 4.75. The minimum absolute atomic E-state index is 0.0684. The van der Waals surface area contributed by atoms with E-state index >= 15 is 0 Å². The number of nitrogen functional groups attached to an aromatic ring is 1. The SMILES string of the molecule is Nc1c(NCC2CC(O)C2)cccc1S(N)(=O)=O. The van der Waals surface area contributed by atoms with Gasteiger partial charge in [-0.1, -0.05) is 6.07 Å². The van der Waals surface area contributed by atoms with E-state index in [9.17, 15) is 13.5 Å². The van der Waals surface area contributed by atoms with Crippen LogP contribution in [-0.4, -0.2) is 26.2 Å². The number of primary sulfonamides is 1. The van der Waals surface area contributed by atoms with Gasteiger partial charge in [-0.05, 0) is 30.9 Å². The molecule has 6 nitrogen and oxygen atoms in total. The summed E-state index contributed by atoms with van der Waals surface area (Å²) in [6.45, 7) is 0.662. The molecule has 0 aromatic heterocycles. The zero-order valence-corrected chi connectivity index (χ0v) is 10.7. The number of rotatable bonds is 4. The van der Waals surface area contributed by atoms with Crippen LogP contribution in [0.4, 0.5) is 11.4 Å². The molecule has 100 valence electrons. The summed E-state index contributed by atoms with van der Waals surface area (Å²) in [5.74, 6) is 0.400. The number of benzene rings is 1. The first-order valence-electron chi connectivity index (χ1n) is 5.71. The van der Waals surface area contributed by atoms with E-state index < -0.39 is 10.0 Å². The van der Waals surface area contributed by atoms with E-state index in [1.165, 1.54) is 6.07 Å². The van der Waals surface area contributed by atoms with Gasteiger partial charge in [0, 0.05) is 6.54 Å². The Morgan fingerprint density at radius 1 is 1.39 bits per heavy atom. The van der Waals surface area contributed by atoms with Gasteiger partial charge in [-0.3, -0.25) is 0 Å². The van der Waals surface area contributed by atoms with E-state index in [0.717, 1.165) is 12.8 Å². The molecule has 0 amide bonds. The lowest BCUT2D eigenvalue weighted by molar-refractivity contribution is 0.0487. The van der Waals surface area contributed by atoms with Crippen molar-refractivity contribution in [2.75, 3.05) is 17.6 Å². The molecule has 1 saturated carbocycles. The summed E-state index contributed by atoms with van der Waals surface area (Å²) in [6, 6.07) is 4.68. The lowest BCUT2D eigenvalue weighted by Gasteiger charge is -2.31. The standard InChI is InChI=1S/C11H17N3O3S/c12-11-9(14-6-7-4-8(15)5-7)2-1-3-10(11)18(13,16)17/h1-3,7-8,14-15H,4-6,12H2,(H2,13,16,17). The monoisotopic (exact) mass is 271 g/mol. The van der Waals surface area contributed by atoms with Gasteiger partial charge in [0.15, 0.2) is 0 Å². The van der Waals surface area contributed by atoms with E-state index in [1.807, 2.05) is 0 Å². The number of sulfonamides is 1. The number of nitrogens with two attached hydrogens (primary N) is 2. The highest BCUT2D eigenvalue weighted by Crippen LogP contribution is 2.30. The van der Waals surface area contributed by atoms with Crippen LogP contribution in [0, 0.1) is 5.92 Å². The van der Waals surface area contributed by atoms with Gasteiger partial charge < -0.3 is 16.2 Å². The van der Waals surface area contributed by atoms with Gasteiger partial charge in [-0.2, -0.15) is 0 Å². The van der Waals surface area contributed by atoms with Crippen LogP contribution in [0.1, 0.15) is 12.8 Å². The predicted octanol–water partition coefficient (Wildman–Crippen LogP) is 0.0990. The first kappa shape index (κ1) is 13.1. The normalized spacial score (nSPS) is 23.4. The fraction of sp³-hybridized carbons (Fsp3) is 0.455. The van der Waals surface area contributed by atoms with E-state index in [4.69, 9.17) is 10.9 Å². The Kier molecular flexibility index (Phi) is 3.47. The van der Waals surface area contributed by atoms with Crippen molar-refractivity contribution in [2.45, 2.75) is 23.8 Å². The highest BCUT2D eigenvalue weighted by Gasteiger charge is 2.27. The molecule has 0 atom stereocenters. The highest BCUT2D eigenvalue weighted by atomic mass is 32.2. The number of aliphatic hydroxyl groups excluding tert-OH is 1. The smallest absolute Gasteiger partial charge is 0.240 e. The summed E-state index contributed by atoms with van der Waals surface area (Å²) in [5.41, 5.74) is 6.47. The summed E-state index contributed by atoms with van der Waals surface area (Å²) in [4.78, 5) is -0.0684. The maximum atomic E-state index is 11.3. The van der Waals surface area contributed by atoms with Crippen LogP contribution in [0.5, 0.6) is 0 Å². The van der Waals surface area contributed by atoms with Crippen LogP contribution < -0.4 is 16.2 Å². The van der Waals surface area contributed by atoms with Gasteiger partial charge in [0.05, 0.1) is 17.5 Å². The Labute approximate surface area is 106 Å². The van der Waals surface area contributed by atoms with Crippen molar-refractivity contribution >= 4 is 21.4 Å². The van der Waals surface area contributed by atoms with Crippen molar-refractivity contribution in [3.63, 3.8) is 0 Å². The third-order valence-corrected chi connectivity index (χ3v) is 4.13. The zero-order valence-electron chi connectivity index (χ0n) is 9.83. The molecule has 7 heteroatoms. The molecule has 0 spiro atoms. The Morgan fingerprint density at radius 2 is 2.06 bits per heavy atom. The van der Waals surface area contributed by atoms with E-state index in [2.05, 4.69) is 5.32 Å². The minimum atomic E-state index is -3.80. The number of para-hydroxylation sites is 1. The summed E-state index contributed by atoms with van der Waals surface area (Å²) >= 11 is 0. The van der Waals surface area contributed by atoms with Gasteiger partial charge >= 0.3 is 0 Å². The van der Waals surface area contributed by atoms with Crippen LogP contribution >= 0.6 is 0 Å². The molecule has 0 heterocycles. The van der Waals surface area contributed by atoms with Gasteiger partial charge in [0.25, 0.3) is 0 Å². The Balaban J connectivity index is 2.09. The lowest BCUT2D eigenvalue weighted by atomic mass is 9.82. The molecule has 2 rings (SSSR count). The fourth-order valence-corrected chi connectivity index (χ4v) is 2.75. The summed E-state index contributed by atoms with van der Waals surface area (Å²) in [5, 5.41) is 17.3. The summed E-state index contributed by atoms with van der Waals surface area (Å²) < 4.78 is 22.6. The predicted molar refractivity (Wildman–Crippen MR) is 69.4 cm³/mol. The van der Waals surface area contributed by atoms with E-state index in [-0.39, 0.29) is 16.7 Å². The minimum Gasteiger partial charge on any atom is -0.396 e. The third-order valence-electron chi connectivity index (χ3n) is 3.16. The van der Waals surface area contributed by atoms with Crippen molar-refractivity contribution in [3.05, 3.63) is 18.2 Å². The Bertz CT molecular complexity index is 538. The van der Waals surface area contributed by atoms with Gasteiger partial charge in [0.2, 0.25) is 10.0 Å². The van der Waals surface area contributed by atoms with Crippen LogP contribution in [0.2, 0.25) is 0 Å². The Morgan fingerprint density at radius 3 is 2.61 bits per heavy atom. The van der Waals surface area contributed by atoms with Gasteiger partial charge in [0.1, 0.15) is 4.90 Å². The average Bonchev–Trinajstić information content (AvgIpc) is 2.23. The molecular weight excluding hydrogens is 254 g/mol. The molecule has 1 aliphatic carbocycles. The molecule has 1 fully saturated rings. The van der Waals surface area contributed by atoms with E-state index in [1.54, 1.807) is 12.1 Å². The maximum Gasteiger partial charge on any atom is 0.240 e. The first-order valence-corrected chi connectivity index (χ1v) is 7.26. The number of nitrogens with one attached hydrogen (secondary N) is 1. The Hall–Kier alpha value is -1.31. The van der Waals surface area contributed by atoms with Crippen molar-refractivity contribution in [3.8, 4) is 0 Å². The van der Waals surface area contributed by atoms with Crippen LogP contribution in [0.3, 0.4) is 0 Å². The number of anilines is 2. The second-order valence-electron chi connectivity index (χ2n) is 4.63.